The van der Waals surface area contributed by atoms with Gasteiger partial charge in [-0.25, -0.2) is 8.70 Å². The van der Waals surface area contributed by atoms with E-state index in [9.17, 15) is 22.7 Å². The Hall–Kier alpha value is -1.97. The van der Waals surface area contributed by atoms with Gasteiger partial charge in [-0.2, -0.15) is 13.2 Å². The highest BCUT2D eigenvalue weighted by Gasteiger charge is 2.37. The number of rotatable bonds is 5. The van der Waals surface area contributed by atoms with Crippen molar-refractivity contribution in [1.29, 1.82) is 0 Å². The summed E-state index contributed by atoms with van der Waals surface area (Å²) in [5.41, 5.74) is -0.569. The number of hydrogen-bond donors (Lipinski definition) is 1. The molecular weight excluding hydrogens is 420 g/mol. The van der Waals surface area contributed by atoms with Gasteiger partial charge in [0.15, 0.2) is 0 Å². The van der Waals surface area contributed by atoms with Crippen molar-refractivity contribution < 1.29 is 27.4 Å². The number of aliphatic hydroxyl groups excluding tert-OH is 1. The molecule has 0 spiro atoms. The number of alkyl halides is 3. The summed E-state index contributed by atoms with van der Waals surface area (Å²) in [6.45, 7) is 4.18. The summed E-state index contributed by atoms with van der Waals surface area (Å²) in [4.78, 5) is 2.35. The number of halogens is 4. The van der Waals surface area contributed by atoms with Crippen molar-refractivity contribution in [3.8, 4) is 5.75 Å². The molecule has 0 amide bonds. The van der Waals surface area contributed by atoms with E-state index in [2.05, 4.69) is 0 Å². The topological polar surface area (TPSA) is 35.9 Å². The van der Waals surface area contributed by atoms with Crippen LogP contribution in [0.15, 0.2) is 41.3 Å². The Kier molecular flexibility index (Phi) is 6.54. The molecule has 2 aromatic carbocycles. The molecular formula is C21H24F4N2O2S. The Balaban J connectivity index is 2.09. The van der Waals surface area contributed by atoms with Crippen LogP contribution in [-0.4, -0.2) is 42.8 Å². The first kappa shape index (κ1) is 22.7. The molecule has 0 saturated heterocycles. The van der Waals surface area contributed by atoms with Crippen LogP contribution < -0.4 is 9.64 Å². The number of nitrogens with zero attached hydrogens (tertiary/aromatic N) is 2. The van der Waals surface area contributed by atoms with E-state index < -0.39 is 23.0 Å². The lowest BCUT2D eigenvalue weighted by atomic mass is 9.96. The van der Waals surface area contributed by atoms with Gasteiger partial charge in [0.1, 0.15) is 11.6 Å². The van der Waals surface area contributed by atoms with E-state index in [1.165, 1.54) is 30.1 Å². The van der Waals surface area contributed by atoms with Gasteiger partial charge < -0.3 is 14.7 Å². The van der Waals surface area contributed by atoms with Crippen LogP contribution in [0.5, 0.6) is 5.75 Å². The molecule has 0 unspecified atom stereocenters. The molecule has 4 nitrogen and oxygen atoms in total. The van der Waals surface area contributed by atoms with Crippen molar-refractivity contribution >= 4 is 23.3 Å². The number of likely N-dealkylation sites (N-methyl/N-ethyl adjacent to an activating group) is 1. The highest BCUT2D eigenvalue weighted by atomic mass is 32.2. The zero-order valence-electron chi connectivity index (χ0n) is 17.0. The van der Waals surface area contributed by atoms with Crippen molar-refractivity contribution in [3.63, 3.8) is 0 Å². The molecule has 0 fully saturated rings. The Labute approximate surface area is 177 Å². The summed E-state index contributed by atoms with van der Waals surface area (Å²) in [6, 6.07) is 8.17. The summed E-state index contributed by atoms with van der Waals surface area (Å²) >= 11 is 1.33. The first-order valence-electron chi connectivity index (χ1n) is 9.41. The van der Waals surface area contributed by atoms with Gasteiger partial charge in [-0.15, -0.1) is 0 Å². The van der Waals surface area contributed by atoms with Crippen LogP contribution in [0.4, 0.5) is 28.9 Å². The van der Waals surface area contributed by atoms with Gasteiger partial charge in [0.05, 0.1) is 29.4 Å². The van der Waals surface area contributed by atoms with Crippen LogP contribution >= 0.6 is 11.9 Å². The highest BCUT2D eigenvalue weighted by molar-refractivity contribution is 7.97. The van der Waals surface area contributed by atoms with Crippen LogP contribution in [-0.2, 0) is 6.18 Å². The van der Waals surface area contributed by atoms with E-state index in [-0.39, 0.29) is 19.0 Å². The minimum absolute atomic E-state index is 0.0620. The highest BCUT2D eigenvalue weighted by Crippen LogP contribution is 2.46. The molecule has 0 aromatic heterocycles. The van der Waals surface area contributed by atoms with E-state index in [0.717, 1.165) is 6.07 Å². The van der Waals surface area contributed by atoms with Crippen molar-refractivity contribution in [2.75, 3.05) is 38.3 Å². The van der Waals surface area contributed by atoms with Crippen molar-refractivity contribution in [3.05, 3.63) is 47.8 Å². The maximum absolute atomic E-state index is 13.9. The Morgan fingerprint density at radius 2 is 1.77 bits per heavy atom. The Bertz CT molecular complexity index is 888. The first-order valence-corrected chi connectivity index (χ1v) is 10.2. The third kappa shape index (κ3) is 5.19. The maximum Gasteiger partial charge on any atom is 0.420 e. The standard InChI is InChI=1S/C21H24F4N2O2S/c1-20(2,12-28)13-29-18-11-19-17(10-16(18)21(23,24)25)27(9-8-26(3)30-19)15-6-4-14(22)5-7-15/h4-7,10-11,28H,8-9,12-13H2,1-3H3. The predicted octanol–water partition coefficient (Wildman–Crippen LogP) is 5.33. The van der Waals surface area contributed by atoms with Crippen molar-refractivity contribution in [2.24, 2.45) is 5.41 Å². The molecule has 30 heavy (non-hydrogen) atoms. The third-order valence-corrected chi connectivity index (χ3v) is 5.75. The SMILES string of the molecule is CN1CCN(c2ccc(F)cc2)c2cc(C(F)(F)F)c(OCC(C)(C)CO)cc2S1. The van der Waals surface area contributed by atoms with Crippen LogP contribution in [0.3, 0.4) is 0 Å². The molecule has 1 N–H and O–H groups in total. The number of anilines is 2. The number of aliphatic hydroxyl groups is 1. The summed E-state index contributed by atoms with van der Waals surface area (Å²) in [6.07, 6.45) is -4.62. The lowest BCUT2D eigenvalue weighted by molar-refractivity contribution is -0.139. The van der Waals surface area contributed by atoms with Gasteiger partial charge in [0, 0.05) is 24.2 Å². The molecule has 1 aliphatic heterocycles. The minimum Gasteiger partial charge on any atom is -0.492 e. The molecule has 0 radical (unpaired) electrons. The largest absolute Gasteiger partial charge is 0.492 e. The van der Waals surface area contributed by atoms with Crippen LogP contribution in [0.25, 0.3) is 0 Å². The van der Waals surface area contributed by atoms with Gasteiger partial charge in [0.2, 0.25) is 0 Å². The number of benzene rings is 2. The average Bonchev–Trinajstić information content (AvgIpc) is 2.83. The minimum atomic E-state index is -4.62. The maximum atomic E-state index is 13.9. The number of hydrogen-bond acceptors (Lipinski definition) is 5. The smallest absolute Gasteiger partial charge is 0.420 e. The fourth-order valence-corrected chi connectivity index (χ4v) is 3.89. The predicted molar refractivity (Wildman–Crippen MR) is 110 cm³/mol. The van der Waals surface area contributed by atoms with E-state index >= 15 is 0 Å². The zero-order valence-corrected chi connectivity index (χ0v) is 17.8. The molecule has 9 heteroatoms. The molecule has 1 aliphatic rings. The van der Waals surface area contributed by atoms with Crippen LogP contribution in [0.1, 0.15) is 19.4 Å². The molecule has 0 saturated carbocycles. The molecule has 0 atom stereocenters. The first-order chi connectivity index (χ1) is 14.0. The zero-order chi connectivity index (χ0) is 22.1. The van der Waals surface area contributed by atoms with Gasteiger partial charge in [-0.1, -0.05) is 13.8 Å². The normalized spacial score (nSPS) is 15.7. The van der Waals surface area contributed by atoms with E-state index in [0.29, 0.717) is 29.4 Å². The monoisotopic (exact) mass is 444 g/mol. The quantitative estimate of drug-likeness (QED) is 0.498. The number of ether oxygens (including phenoxy) is 1. The molecule has 1 heterocycles. The van der Waals surface area contributed by atoms with E-state index in [4.69, 9.17) is 4.74 Å². The molecule has 0 bridgehead atoms. The summed E-state index contributed by atoms with van der Waals surface area (Å²) in [5, 5.41) is 9.40. The summed E-state index contributed by atoms with van der Waals surface area (Å²) in [5.74, 6) is -0.684. The van der Waals surface area contributed by atoms with Gasteiger partial charge in [-0.05, 0) is 55.4 Å². The number of fused-ring (bicyclic) bond motifs is 1. The molecule has 3 rings (SSSR count). The second-order valence-corrected chi connectivity index (χ2v) is 9.24. The Morgan fingerprint density at radius 1 is 1.10 bits per heavy atom. The Morgan fingerprint density at radius 3 is 2.37 bits per heavy atom. The second-order valence-electron chi connectivity index (χ2n) is 8.00. The van der Waals surface area contributed by atoms with E-state index in [1.807, 2.05) is 11.4 Å². The lowest BCUT2D eigenvalue weighted by Gasteiger charge is -2.27. The summed E-state index contributed by atoms with van der Waals surface area (Å²) in [7, 11) is 1.86. The fraction of sp³-hybridized carbons (Fsp3) is 0.429. The second kappa shape index (κ2) is 8.64. The molecule has 0 aliphatic carbocycles. The lowest BCUT2D eigenvalue weighted by Crippen LogP contribution is -2.26. The van der Waals surface area contributed by atoms with Crippen molar-refractivity contribution in [2.45, 2.75) is 24.9 Å². The van der Waals surface area contributed by atoms with Crippen LogP contribution in [0.2, 0.25) is 0 Å². The van der Waals surface area contributed by atoms with Gasteiger partial charge in [-0.3, -0.25) is 0 Å². The molecule has 164 valence electrons. The van der Waals surface area contributed by atoms with Crippen LogP contribution in [0, 0.1) is 11.2 Å². The molecule has 2 aromatic rings. The van der Waals surface area contributed by atoms with Gasteiger partial charge >= 0.3 is 6.18 Å². The van der Waals surface area contributed by atoms with E-state index in [1.54, 1.807) is 30.9 Å². The van der Waals surface area contributed by atoms with Gasteiger partial charge in [0.25, 0.3) is 0 Å². The third-order valence-electron chi connectivity index (χ3n) is 4.73. The van der Waals surface area contributed by atoms with Crippen molar-refractivity contribution in [1.82, 2.24) is 4.31 Å². The fourth-order valence-electron chi connectivity index (χ4n) is 2.96. The average molecular weight is 444 g/mol. The summed E-state index contributed by atoms with van der Waals surface area (Å²) < 4.78 is 62.4.